The van der Waals surface area contributed by atoms with Gasteiger partial charge in [-0.25, -0.2) is 13.4 Å². The Morgan fingerprint density at radius 2 is 2.00 bits per heavy atom. The minimum Gasteiger partial charge on any atom is -0.366 e. The molecule has 0 atom stereocenters. The molecule has 0 spiro atoms. The van der Waals surface area contributed by atoms with Gasteiger partial charge in [-0.3, -0.25) is 9.52 Å². The third-order valence-electron chi connectivity index (χ3n) is 1.98. The Hall–Kier alpha value is -1.64. The summed E-state index contributed by atoms with van der Waals surface area (Å²) in [6.07, 6.45) is 2.38. The second-order valence-electron chi connectivity index (χ2n) is 3.32. The minimum absolute atomic E-state index is 0.0281. The molecule has 2 aromatic rings. The molecule has 0 radical (unpaired) electrons. The van der Waals surface area contributed by atoms with Crippen LogP contribution < -0.4 is 10.2 Å². The number of aromatic nitrogens is 3. The van der Waals surface area contributed by atoms with Gasteiger partial charge in [0.1, 0.15) is 11.0 Å². The fourth-order valence-electron chi connectivity index (χ4n) is 1.25. The highest BCUT2D eigenvalue weighted by Crippen LogP contribution is 2.17. The van der Waals surface area contributed by atoms with E-state index in [1.807, 2.05) is 0 Å². The molecule has 0 aromatic carbocycles. The Labute approximate surface area is 117 Å². The van der Waals surface area contributed by atoms with E-state index in [-0.39, 0.29) is 16.3 Å². The zero-order valence-corrected chi connectivity index (χ0v) is 11.4. The van der Waals surface area contributed by atoms with E-state index in [2.05, 4.69) is 19.7 Å². The van der Waals surface area contributed by atoms with Crippen molar-refractivity contribution in [2.75, 3.05) is 4.72 Å². The molecule has 2 N–H and O–H groups in total. The molecule has 0 saturated carbocycles. The van der Waals surface area contributed by atoms with Crippen molar-refractivity contribution in [2.45, 2.75) is 4.90 Å². The van der Waals surface area contributed by atoms with Gasteiger partial charge < -0.3 is 4.98 Å². The minimum atomic E-state index is -4.08. The molecule has 0 fully saturated rings. The van der Waals surface area contributed by atoms with E-state index in [0.29, 0.717) is 0 Å². The normalized spacial score (nSPS) is 11.3. The average Bonchev–Trinajstić information content (AvgIpc) is 2.26. The molecule has 0 aliphatic heterocycles. The monoisotopic (exact) mass is 320 g/mol. The average molecular weight is 321 g/mol. The number of rotatable bonds is 3. The Bertz CT molecular complexity index is 755. The molecule has 0 bridgehead atoms. The number of nitrogens with zero attached hydrogens (tertiary/aromatic N) is 2. The first-order valence-electron chi connectivity index (χ1n) is 4.78. The Morgan fingerprint density at radius 1 is 1.26 bits per heavy atom. The van der Waals surface area contributed by atoms with Crippen molar-refractivity contribution in [1.82, 2.24) is 15.0 Å². The molecule has 100 valence electrons. The molecular weight excluding hydrogens is 315 g/mol. The smallest absolute Gasteiger partial charge is 0.268 e. The highest BCUT2D eigenvalue weighted by atomic mass is 35.5. The number of sulfonamides is 1. The largest absolute Gasteiger partial charge is 0.366 e. The van der Waals surface area contributed by atoms with Crippen molar-refractivity contribution in [2.24, 2.45) is 0 Å². The number of hydrogen-bond acceptors (Lipinski definition) is 5. The molecule has 2 aromatic heterocycles. The summed E-state index contributed by atoms with van der Waals surface area (Å²) in [6.45, 7) is 0. The summed E-state index contributed by atoms with van der Waals surface area (Å²) in [5, 5.41) is -0.244. The third kappa shape index (κ3) is 3.22. The first kappa shape index (κ1) is 13.8. The van der Waals surface area contributed by atoms with Crippen LogP contribution in [0.5, 0.6) is 0 Å². The number of aromatic amines is 1. The molecule has 0 aliphatic rings. The lowest BCUT2D eigenvalue weighted by atomic mass is 10.5. The van der Waals surface area contributed by atoms with E-state index in [1.54, 1.807) is 0 Å². The maximum atomic E-state index is 12.0. The van der Waals surface area contributed by atoms with Gasteiger partial charge in [-0.05, 0) is 11.6 Å². The zero-order chi connectivity index (χ0) is 14.0. The van der Waals surface area contributed by atoms with Crippen LogP contribution in [0.4, 0.5) is 5.82 Å². The van der Waals surface area contributed by atoms with Crippen LogP contribution in [-0.2, 0) is 10.0 Å². The first-order chi connectivity index (χ1) is 8.88. The van der Waals surface area contributed by atoms with Gasteiger partial charge in [0.05, 0.1) is 0 Å². The van der Waals surface area contributed by atoms with Gasteiger partial charge >= 0.3 is 0 Å². The molecule has 0 amide bonds. The Balaban J connectivity index is 2.42. The van der Waals surface area contributed by atoms with Gasteiger partial charge in [0.15, 0.2) is 4.90 Å². The van der Waals surface area contributed by atoms with Crippen LogP contribution in [0.15, 0.2) is 34.2 Å². The van der Waals surface area contributed by atoms with E-state index in [4.69, 9.17) is 23.2 Å². The summed E-state index contributed by atoms with van der Waals surface area (Å²) in [7, 11) is -4.08. The van der Waals surface area contributed by atoms with Crippen LogP contribution in [0.1, 0.15) is 0 Å². The predicted octanol–water partition coefficient (Wildman–Crippen LogP) is 1.27. The predicted molar refractivity (Wildman–Crippen MR) is 69.9 cm³/mol. The van der Waals surface area contributed by atoms with Gasteiger partial charge in [-0.1, -0.05) is 11.6 Å². The number of hydrogen-bond donors (Lipinski definition) is 2. The standard InChI is InChI=1S/C9H6Cl2N4O3S/c10-7-3-8(14-9(11)13-7)15-19(17,18)6-4-12-2-1-5(6)16/h1-4H,(H,12,16)(H,13,14,15). The van der Waals surface area contributed by atoms with Crippen LogP contribution in [0.3, 0.4) is 0 Å². The zero-order valence-electron chi connectivity index (χ0n) is 9.09. The Morgan fingerprint density at radius 3 is 2.63 bits per heavy atom. The lowest BCUT2D eigenvalue weighted by Crippen LogP contribution is -2.21. The number of pyridine rings is 1. The third-order valence-corrected chi connectivity index (χ3v) is 3.72. The van der Waals surface area contributed by atoms with Gasteiger partial charge in [0.2, 0.25) is 10.7 Å². The summed E-state index contributed by atoms with van der Waals surface area (Å²) < 4.78 is 26.0. The van der Waals surface area contributed by atoms with Gasteiger partial charge in [0, 0.05) is 24.5 Å². The van der Waals surface area contributed by atoms with E-state index < -0.39 is 20.3 Å². The molecule has 0 unspecified atom stereocenters. The number of anilines is 1. The number of H-pyrrole nitrogens is 1. The maximum absolute atomic E-state index is 12.0. The molecule has 19 heavy (non-hydrogen) atoms. The quantitative estimate of drug-likeness (QED) is 0.654. The summed E-state index contributed by atoms with van der Waals surface area (Å²) in [5.41, 5.74) is -0.655. The van der Waals surface area contributed by atoms with Crippen LogP contribution in [0.2, 0.25) is 10.4 Å². The summed E-state index contributed by atoms with van der Waals surface area (Å²) in [5.74, 6) is -0.131. The summed E-state index contributed by atoms with van der Waals surface area (Å²) >= 11 is 11.2. The van der Waals surface area contributed by atoms with Crippen LogP contribution in [0, 0.1) is 0 Å². The molecule has 2 heterocycles. The number of halogens is 2. The van der Waals surface area contributed by atoms with Crippen molar-refractivity contribution in [1.29, 1.82) is 0 Å². The Kier molecular flexibility index (Phi) is 3.74. The summed E-state index contributed by atoms with van der Waals surface area (Å²) in [6, 6.07) is 2.26. The topological polar surface area (TPSA) is 105 Å². The van der Waals surface area contributed by atoms with Crippen LogP contribution in [-0.4, -0.2) is 23.4 Å². The van der Waals surface area contributed by atoms with Crippen LogP contribution in [0.25, 0.3) is 0 Å². The second kappa shape index (κ2) is 5.16. The van der Waals surface area contributed by atoms with Gasteiger partial charge in [-0.15, -0.1) is 0 Å². The maximum Gasteiger partial charge on any atom is 0.268 e. The first-order valence-corrected chi connectivity index (χ1v) is 7.02. The molecular formula is C9H6Cl2N4O3S. The molecule has 0 saturated heterocycles. The van der Waals surface area contributed by atoms with Crippen molar-refractivity contribution in [3.63, 3.8) is 0 Å². The lowest BCUT2D eigenvalue weighted by molar-refractivity contribution is 0.600. The van der Waals surface area contributed by atoms with E-state index in [9.17, 15) is 13.2 Å². The highest BCUT2D eigenvalue weighted by molar-refractivity contribution is 7.92. The summed E-state index contributed by atoms with van der Waals surface area (Å²) in [4.78, 5) is 20.7. The van der Waals surface area contributed by atoms with E-state index in [1.165, 1.54) is 12.3 Å². The van der Waals surface area contributed by atoms with Crippen molar-refractivity contribution < 1.29 is 8.42 Å². The van der Waals surface area contributed by atoms with Crippen molar-refractivity contribution in [3.8, 4) is 0 Å². The van der Waals surface area contributed by atoms with Crippen molar-refractivity contribution in [3.05, 3.63) is 45.2 Å². The fraction of sp³-hybridized carbons (Fsp3) is 0. The highest BCUT2D eigenvalue weighted by Gasteiger charge is 2.18. The van der Waals surface area contributed by atoms with Gasteiger partial charge in [0.25, 0.3) is 10.0 Å². The molecule has 2 rings (SSSR count). The lowest BCUT2D eigenvalue weighted by Gasteiger charge is -2.06. The molecule has 0 aliphatic carbocycles. The number of nitrogens with one attached hydrogen (secondary N) is 2. The SMILES string of the molecule is O=c1cc[nH]cc1S(=O)(=O)Nc1cc(Cl)nc(Cl)n1. The van der Waals surface area contributed by atoms with Crippen LogP contribution >= 0.6 is 23.2 Å². The second-order valence-corrected chi connectivity index (χ2v) is 5.70. The molecule has 7 nitrogen and oxygen atoms in total. The van der Waals surface area contributed by atoms with Crippen molar-refractivity contribution >= 4 is 39.0 Å². The van der Waals surface area contributed by atoms with E-state index in [0.717, 1.165) is 12.3 Å². The van der Waals surface area contributed by atoms with Gasteiger partial charge in [-0.2, -0.15) is 4.98 Å². The van der Waals surface area contributed by atoms with E-state index >= 15 is 0 Å². The molecule has 10 heteroatoms. The fourth-order valence-corrected chi connectivity index (χ4v) is 2.70.